The lowest BCUT2D eigenvalue weighted by Crippen LogP contribution is -2.42. The van der Waals surface area contributed by atoms with Gasteiger partial charge in [-0.15, -0.1) is 0 Å². The van der Waals surface area contributed by atoms with Crippen molar-refractivity contribution in [3.63, 3.8) is 0 Å². The van der Waals surface area contributed by atoms with Crippen molar-refractivity contribution in [1.82, 2.24) is 5.32 Å². The maximum atomic E-state index is 9.61. The highest BCUT2D eigenvalue weighted by Gasteiger charge is 2.39. The Morgan fingerprint density at radius 1 is 1.20 bits per heavy atom. The Labute approximate surface area is 91.2 Å². The fourth-order valence-corrected chi connectivity index (χ4v) is 3.67. The Morgan fingerprint density at radius 2 is 2.13 bits per heavy atom. The van der Waals surface area contributed by atoms with E-state index in [2.05, 4.69) is 5.32 Å². The van der Waals surface area contributed by atoms with Gasteiger partial charge in [-0.05, 0) is 43.6 Å². The summed E-state index contributed by atoms with van der Waals surface area (Å²) >= 11 is 0. The van der Waals surface area contributed by atoms with Gasteiger partial charge in [0, 0.05) is 0 Å². The van der Waals surface area contributed by atoms with Crippen LogP contribution >= 0.6 is 0 Å². The maximum Gasteiger partial charge on any atom is 0.0948 e. The number of rotatable bonds is 3. The summed E-state index contributed by atoms with van der Waals surface area (Å²) in [5, 5.41) is 13.1. The molecule has 0 amide bonds. The van der Waals surface area contributed by atoms with Gasteiger partial charge in [-0.1, -0.05) is 6.42 Å². The molecule has 1 aliphatic heterocycles. The van der Waals surface area contributed by atoms with Crippen LogP contribution < -0.4 is 5.32 Å². The van der Waals surface area contributed by atoms with E-state index in [4.69, 9.17) is 4.74 Å². The van der Waals surface area contributed by atoms with E-state index in [0.717, 1.165) is 24.3 Å². The highest BCUT2D eigenvalue weighted by molar-refractivity contribution is 4.92. The Kier molecular flexibility index (Phi) is 2.71. The largest absolute Gasteiger partial charge is 0.389 e. The van der Waals surface area contributed by atoms with E-state index in [1.54, 1.807) is 0 Å². The van der Waals surface area contributed by atoms with Crippen LogP contribution in [0, 0.1) is 17.8 Å². The second-order valence-electron chi connectivity index (χ2n) is 5.55. The van der Waals surface area contributed by atoms with E-state index in [-0.39, 0.29) is 12.1 Å². The van der Waals surface area contributed by atoms with E-state index in [1.807, 2.05) is 0 Å². The van der Waals surface area contributed by atoms with Crippen molar-refractivity contribution in [2.24, 2.45) is 17.8 Å². The van der Waals surface area contributed by atoms with Gasteiger partial charge in [0.25, 0.3) is 0 Å². The quantitative estimate of drug-likeness (QED) is 0.724. The molecule has 0 aromatic rings. The number of fused-ring (bicyclic) bond motifs is 2. The van der Waals surface area contributed by atoms with Gasteiger partial charge in [0.2, 0.25) is 0 Å². The fourth-order valence-electron chi connectivity index (χ4n) is 3.67. The van der Waals surface area contributed by atoms with Crippen molar-refractivity contribution in [2.45, 2.75) is 37.8 Å². The third kappa shape index (κ3) is 1.93. The number of aliphatic hydroxyl groups excluding tert-OH is 1. The average Bonchev–Trinajstić information content (AvgIpc) is 2.90. The minimum absolute atomic E-state index is 0.184. The zero-order valence-electron chi connectivity index (χ0n) is 9.19. The molecule has 3 aliphatic rings. The van der Waals surface area contributed by atoms with Gasteiger partial charge >= 0.3 is 0 Å². The number of aliphatic hydroxyl groups is 1. The molecule has 2 bridgehead atoms. The van der Waals surface area contributed by atoms with Crippen LogP contribution in [-0.4, -0.2) is 37.0 Å². The molecule has 2 N–H and O–H groups in total. The zero-order valence-corrected chi connectivity index (χ0v) is 9.19. The lowest BCUT2D eigenvalue weighted by atomic mass is 9.88. The standard InChI is InChI=1S/C12H21NO2/c14-12-7-15-6-11(12)13-5-10-4-8-1-2-9(10)3-8/h8-14H,1-7H2. The van der Waals surface area contributed by atoms with Gasteiger partial charge < -0.3 is 15.2 Å². The summed E-state index contributed by atoms with van der Waals surface area (Å²) in [4.78, 5) is 0. The Morgan fingerprint density at radius 3 is 2.73 bits per heavy atom. The molecule has 0 aromatic heterocycles. The molecule has 3 nitrogen and oxygen atoms in total. The van der Waals surface area contributed by atoms with Crippen molar-refractivity contribution >= 4 is 0 Å². The second-order valence-corrected chi connectivity index (χ2v) is 5.55. The van der Waals surface area contributed by atoms with Crippen molar-refractivity contribution in [3.05, 3.63) is 0 Å². The third-order valence-corrected chi connectivity index (χ3v) is 4.58. The highest BCUT2D eigenvalue weighted by atomic mass is 16.5. The summed E-state index contributed by atoms with van der Waals surface area (Å²) in [7, 11) is 0. The highest BCUT2D eigenvalue weighted by Crippen LogP contribution is 2.47. The molecular weight excluding hydrogens is 190 g/mol. The number of hydrogen-bond acceptors (Lipinski definition) is 3. The monoisotopic (exact) mass is 211 g/mol. The fraction of sp³-hybridized carbons (Fsp3) is 1.00. The van der Waals surface area contributed by atoms with Crippen LogP contribution in [-0.2, 0) is 4.74 Å². The molecule has 5 unspecified atom stereocenters. The SMILES string of the molecule is OC1COCC1NCC1CC2CCC1C2. The second kappa shape index (κ2) is 4.04. The topological polar surface area (TPSA) is 41.5 Å². The molecule has 5 atom stereocenters. The van der Waals surface area contributed by atoms with Gasteiger partial charge in [-0.3, -0.25) is 0 Å². The van der Waals surface area contributed by atoms with E-state index < -0.39 is 0 Å². The number of hydrogen-bond donors (Lipinski definition) is 2. The minimum Gasteiger partial charge on any atom is -0.389 e. The van der Waals surface area contributed by atoms with Gasteiger partial charge in [0.15, 0.2) is 0 Å². The van der Waals surface area contributed by atoms with Crippen molar-refractivity contribution in [3.8, 4) is 0 Å². The van der Waals surface area contributed by atoms with Gasteiger partial charge in [0.1, 0.15) is 0 Å². The summed E-state index contributed by atoms with van der Waals surface area (Å²) in [6.45, 7) is 2.28. The first kappa shape index (κ1) is 10.1. The van der Waals surface area contributed by atoms with E-state index >= 15 is 0 Å². The van der Waals surface area contributed by atoms with Gasteiger partial charge in [-0.25, -0.2) is 0 Å². The lowest BCUT2D eigenvalue weighted by molar-refractivity contribution is 0.121. The summed E-state index contributed by atoms with van der Waals surface area (Å²) in [6, 6.07) is 0.184. The molecule has 86 valence electrons. The molecule has 15 heavy (non-hydrogen) atoms. The van der Waals surface area contributed by atoms with Crippen molar-refractivity contribution in [1.29, 1.82) is 0 Å². The Bertz CT molecular complexity index is 234. The first-order valence-electron chi connectivity index (χ1n) is 6.32. The predicted octanol–water partition coefficient (Wildman–Crippen LogP) is 0.772. The number of nitrogens with one attached hydrogen (secondary N) is 1. The minimum atomic E-state index is -0.288. The molecule has 2 saturated carbocycles. The maximum absolute atomic E-state index is 9.61. The Hall–Kier alpha value is -0.120. The molecule has 2 aliphatic carbocycles. The van der Waals surface area contributed by atoms with Gasteiger partial charge in [-0.2, -0.15) is 0 Å². The van der Waals surface area contributed by atoms with E-state index in [9.17, 15) is 5.11 Å². The molecular formula is C12H21NO2. The molecule has 0 radical (unpaired) electrons. The van der Waals surface area contributed by atoms with E-state index in [1.165, 1.54) is 25.7 Å². The van der Waals surface area contributed by atoms with Crippen LogP contribution in [0.25, 0.3) is 0 Å². The first-order chi connectivity index (χ1) is 7.33. The third-order valence-electron chi connectivity index (χ3n) is 4.58. The molecule has 0 aromatic carbocycles. The molecule has 3 heteroatoms. The van der Waals surface area contributed by atoms with Crippen LogP contribution in [0.5, 0.6) is 0 Å². The van der Waals surface area contributed by atoms with Crippen LogP contribution in [0.2, 0.25) is 0 Å². The summed E-state index contributed by atoms with van der Waals surface area (Å²) in [6.07, 6.45) is 5.51. The normalized spacial score (nSPS) is 49.0. The molecule has 1 heterocycles. The zero-order chi connectivity index (χ0) is 10.3. The Balaban J connectivity index is 1.46. The molecule has 1 saturated heterocycles. The molecule has 3 rings (SSSR count). The summed E-state index contributed by atoms with van der Waals surface area (Å²) in [5.74, 6) is 2.87. The van der Waals surface area contributed by atoms with Crippen molar-refractivity contribution < 1.29 is 9.84 Å². The molecule has 0 spiro atoms. The lowest BCUT2D eigenvalue weighted by Gasteiger charge is -2.24. The van der Waals surface area contributed by atoms with E-state index in [0.29, 0.717) is 13.2 Å². The average molecular weight is 211 g/mol. The summed E-state index contributed by atoms with van der Waals surface area (Å²) < 4.78 is 5.23. The predicted molar refractivity (Wildman–Crippen MR) is 57.6 cm³/mol. The smallest absolute Gasteiger partial charge is 0.0948 e. The molecule has 3 fully saturated rings. The van der Waals surface area contributed by atoms with Crippen LogP contribution in [0.3, 0.4) is 0 Å². The first-order valence-corrected chi connectivity index (χ1v) is 6.32. The van der Waals surface area contributed by atoms with Crippen LogP contribution in [0.15, 0.2) is 0 Å². The van der Waals surface area contributed by atoms with Crippen molar-refractivity contribution in [2.75, 3.05) is 19.8 Å². The van der Waals surface area contributed by atoms with Gasteiger partial charge in [0.05, 0.1) is 25.4 Å². The van der Waals surface area contributed by atoms with Crippen LogP contribution in [0.1, 0.15) is 25.7 Å². The van der Waals surface area contributed by atoms with Crippen LogP contribution in [0.4, 0.5) is 0 Å². The number of ether oxygens (including phenoxy) is 1. The summed E-state index contributed by atoms with van der Waals surface area (Å²) in [5.41, 5.74) is 0.